The molecule has 0 unspecified atom stereocenters. The minimum absolute atomic E-state index is 0.122. The first-order valence-corrected chi connectivity index (χ1v) is 3.75. The Balaban J connectivity index is 3.25. The lowest BCUT2D eigenvalue weighted by Crippen LogP contribution is -1.94. The zero-order chi connectivity index (χ0) is 8.43. The molecule has 60 valence electrons. The van der Waals surface area contributed by atoms with Crippen molar-refractivity contribution in [2.24, 2.45) is 0 Å². The Bertz CT molecular complexity index is 275. The maximum atomic E-state index is 8.75. The van der Waals surface area contributed by atoms with Crippen molar-refractivity contribution >= 4 is 28.9 Å². The lowest BCUT2D eigenvalue weighted by molar-refractivity contribution is 0.282. The van der Waals surface area contributed by atoms with E-state index in [1.54, 1.807) is 12.1 Å². The molecule has 0 saturated carbocycles. The summed E-state index contributed by atoms with van der Waals surface area (Å²) >= 11 is 11.3. The third-order valence-electron chi connectivity index (χ3n) is 1.39. The summed E-state index contributed by atoms with van der Waals surface area (Å²) in [6, 6.07) is 3.25. The normalized spacial score (nSPS) is 10.1. The Morgan fingerprint density at radius 1 is 1.36 bits per heavy atom. The first-order chi connectivity index (χ1) is 5.16. The number of nitrogen functional groups attached to an aromatic ring is 1. The maximum Gasteiger partial charge on any atom is 0.0825 e. The van der Waals surface area contributed by atoms with Gasteiger partial charge in [0.05, 0.1) is 22.3 Å². The number of halogens is 2. The van der Waals surface area contributed by atoms with Crippen LogP contribution in [0.15, 0.2) is 12.1 Å². The summed E-state index contributed by atoms with van der Waals surface area (Å²) in [5.74, 6) is 0. The molecule has 0 bridgehead atoms. The molecular weight excluding hydrogens is 185 g/mol. The fourth-order valence-corrected chi connectivity index (χ4v) is 1.09. The summed E-state index contributed by atoms with van der Waals surface area (Å²) in [5, 5.41) is 9.46. The van der Waals surface area contributed by atoms with E-state index in [0.29, 0.717) is 21.3 Å². The average Bonchev–Trinajstić information content (AvgIpc) is 2.01. The molecular formula is C7H7Cl2NO. The van der Waals surface area contributed by atoms with Crippen LogP contribution >= 0.6 is 23.2 Å². The fraction of sp³-hybridized carbons (Fsp3) is 0.143. The minimum atomic E-state index is -0.122. The second-order valence-electron chi connectivity index (χ2n) is 2.09. The van der Waals surface area contributed by atoms with Gasteiger partial charge in [0.1, 0.15) is 0 Å². The number of rotatable bonds is 1. The molecule has 0 spiro atoms. The van der Waals surface area contributed by atoms with Gasteiger partial charge < -0.3 is 10.8 Å². The molecule has 0 atom stereocenters. The van der Waals surface area contributed by atoms with Gasteiger partial charge in [-0.3, -0.25) is 0 Å². The predicted octanol–water partition coefficient (Wildman–Crippen LogP) is 2.07. The van der Waals surface area contributed by atoms with E-state index in [-0.39, 0.29) is 6.61 Å². The van der Waals surface area contributed by atoms with Gasteiger partial charge in [0, 0.05) is 5.56 Å². The van der Waals surface area contributed by atoms with Crippen LogP contribution in [-0.2, 0) is 6.61 Å². The Morgan fingerprint density at radius 3 is 2.55 bits per heavy atom. The first kappa shape index (κ1) is 8.65. The van der Waals surface area contributed by atoms with Crippen molar-refractivity contribution in [3.63, 3.8) is 0 Å². The van der Waals surface area contributed by atoms with Gasteiger partial charge in [-0.1, -0.05) is 29.3 Å². The van der Waals surface area contributed by atoms with Crippen LogP contribution in [-0.4, -0.2) is 5.11 Å². The van der Waals surface area contributed by atoms with Crippen LogP contribution < -0.4 is 5.73 Å². The smallest absolute Gasteiger partial charge is 0.0825 e. The van der Waals surface area contributed by atoms with Gasteiger partial charge >= 0.3 is 0 Å². The number of hydrogen-bond donors (Lipinski definition) is 2. The highest BCUT2D eigenvalue weighted by molar-refractivity contribution is 6.43. The topological polar surface area (TPSA) is 46.2 Å². The monoisotopic (exact) mass is 191 g/mol. The molecule has 1 aromatic carbocycles. The second-order valence-corrected chi connectivity index (χ2v) is 2.88. The highest BCUT2D eigenvalue weighted by atomic mass is 35.5. The SMILES string of the molecule is Nc1c(CO)ccc(Cl)c1Cl. The second kappa shape index (κ2) is 3.30. The van der Waals surface area contributed by atoms with Gasteiger partial charge in [-0.25, -0.2) is 0 Å². The number of nitrogens with two attached hydrogens (primary N) is 1. The Kier molecular flexibility index (Phi) is 2.60. The molecule has 3 N–H and O–H groups in total. The molecule has 0 aliphatic carbocycles. The van der Waals surface area contributed by atoms with Gasteiger partial charge in [-0.15, -0.1) is 0 Å². The lowest BCUT2D eigenvalue weighted by Gasteiger charge is -2.04. The average molecular weight is 192 g/mol. The quantitative estimate of drug-likeness (QED) is 0.669. The zero-order valence-corrected chi connectivity index (χ0v) is 7.15. The van der Waals surface area contributed by atoms with E-state index in [9.17, 15) is 0 Å². The fourth-order valence-electron chi connectivity index (χ4n) is 0.744. The largest absolute Gasteiger partial charge is 0.397 e. The third-order valence-corrected chi connectivity index (χ3v) is 2.21. The molecule has 11 heavy (non-hydrogen) atoms. The summed E-state index contributed by atoms with van der Waals surface area (Å²) in [6.07, 6.45) is 0. The highest BCUT2D eigenvalue weighted by Crippen LogP contribution is 2.30. The van der Waals surface area contributed by atoms with E-state index in [2.05, 4.69) is 0 Å². The number of anilines is 1. The lowest BCUT2D eigenvalue weighted by atomic mass is 10.2. The highest BCUT2D eigenvalue weighted by Gasteiger charge is 2.05. The van der Waals surface area contributed by atoms with Crippen molar-refractivity contribution < 1.29 is 5.11 Å². The minimum Gasteiger partial charge on any atom is -0.397 e. The molecule has 0 amide bonds. The molecule has 1 aromatic rings. The first-order valence-electron chi connectivity index (χ1n) is 3.00. The van der Waals surface area contributed by atoms with E-state index in [0.717, 1.165) is 0 Å². The van der Waals surface area contributed by atoms with Crippen molar-refractivity contribution in [1.29, 1.82) is 0 Å². The van der Waals surface area contributed by atoms with Gasteiger partial charge in [0.2, 0.25) is 0 Å². The van der Waals surface area contributed by atoms with Crippen LogP contribution in [0, 0.1) is 0 Å². The van der Waals surface area contributed by atoms with E-state index in [1.807, 2.05) is 0 Å². The van der Waals surface area contributed by atoms with Gasteiger partial charge in [-0.05, 0) is 6.07 Å². The summed E-state index contributed by atoms with van der Waals surface area (Å²) < 4.78 is 0. The number of aliphatic hydroxyl groups is 1. The molecule has 0 aliphatic rings. The number of hydrogen-bond acceptors (Lipinski definition) is 2. The van der Waals surface area contributed by atoms with Gasteiger partial charge in [0.15, 0.2) is 0 Å². The van der Waals surface area contributed by atoms with Crippen molar-refractivity contribution in [1.82, 2.24) is 0 Å². The molecule has 0 radical (unpaired) electrons. The van der Waals surface area contributed by atoms with Crippen molar-refractivity contribution in [2.45, 2.75) is 6.61 Å². The van der Waals surface area contributed by atoms with Crippen molar-refractivity contribution in [3.8, 4) is 0 Å². The predicted molar refractivity (Wildman–Crippen MR) is 46.8 cm³/mol. The maximum absolute atomic E-state index is 8.75. The summed E-state index contributed by atoms with van der Waals surface area (Å²) in [6.45, 7) is -0.122. The molecule has 0 aliphatic heterocycles. The summed E-state index contributed by atoms with van der Waals surface area (Å²) in [5.41, 5.74) is 6.46. The van der Waals surface area contributed by atoms with Crippen molar-refractivity contribution in [2.75, 3.05) is 5.73 Å². The van der Waals surface area contributed by atoms with Crippen molar-refractivity contribution in [3.05, 3.63) is 27.7 Å². The van der Waals surface area contributed by atoms with Crippen LogP contribution in [0.25, 0.3) is 0 Å². The molecule has 1 rings (SSSR count). The van der Waals surface area contributed by atoms with Crippen LogP contribution in [0.5, 0.6) is 0 Å². The number of benzene rings is 1. The van der Waals surface area contributed by atoms with Gasteiger partial charge in [0.25, 0.3) is 0 Å². The molecule has 0 heterocycles. The number of aliphatic hydroxyl groups excluding tert-OH is 1. The van der Waals surface area contributed by atoms with Crippen LogP contribution in [0.4, 0.5) is 5.69 Å². The van der Waals surface area contributed by atoms with Crippen LogP contribution in [0.3, 0.4) is 0 Å². The molecule has 0 fully saturated rings. The Morgan fingerprint density at radius 2 is 2.00 bits per heavy atom. The molecule has 4 heteroatoms. The zero-order valence-electron chi connectivity index (χ0n) is 5.64. The van der Waals surface area contributed by atoms with Crippen LogP contribution in [0.1, 0.15) is 5.56 Å². The third kappa shape index (κ3) is 1.59. The van der Waals surface area contributed by atoms with E-state index >= 15 is 0 Å². The van der Waals surface area contributed by atoms with E-state index in [4.69, 9.17) is 34.0 Å². The standard InChI is InChI=1S/C7H7Cl2NO/c8-5-2-1-4(3-11)7(10)6(5)9/h1-2,11H,3,10H2. The summed E-state index contributed by atoms with van der Waals surface area (Å²) in [7, 11) is 0. The molecule has 0 saturated heterocycles. The van der Waals surface area contributed by atoms with Gasteiger partial charge in [-0.2, -0.15) is 0 Å². The van der Waals surface area contributed by atoms with E-state index in [1.165, 1.54) is 0 Å². The Hall–Kier alpha value is -0.440. The van der Waals surface area contributed by atoms with Crippen LogP contribution in [0.2, 0.25) is 10.0 Å². The summed E-state index contributed by atoms with van der Waals surface area (Å²) in [4.78, 5) is 0. The molecule has 0 aromatic heterocycles. The Labute approximate surface area is 74.5 Å². The van der Waals surface area contributed by atoms with E-state index < -0.39 is 0 Å². The molecule has 2 nitrogen and oxygen atoms in total.